The summed E-state index contributed by atoms with van der Waals surface area (Å²) < 4.78 is 22.2. The maximum Gasteiger partial charge on any atom is 0.176 e. The molecule has 0 radical (unpaired) electrons. The molecule has 13 heavy (non-hydrogen) atoms. The van der Waals surface area contributed by atoms with Crippen molar-refractivity contribution in [1.29, 1.82) is 0 Å². The van der Waals surface area contributed by atoms with E-state index in [2.05, 4.69) is 6.92 Å². The van der Waals surface area contributed by atoms with E-state index in [1.54, 1.807) is 0 Å². The molecule has 1 atom stereocenters. The molecule has 1 unspecified atom stereocenters. The maximum atomic E-state index is 11.1. The van der Waals surface area contributed by atoms with Gasteiger partial charge in [0.05, 0.1) is 5.75 Å². The third kappa shape index (κ3) is 6.05. The molecule has 0 aliphatic heterocycles. The summed E-state index contributed by atoms with van der Waals surface area (Å²) >= 11 is 0. The van der Waals surface area contributed by atoms with Crippen molar-refractivity contribution < 1.29 is 13.5 Å². The van der Waals surface area contributed by atoms with Crippen molar-refractivity contribution in [2.24, 2.45) is 0 Å². The number of hydrogen-bond acceptors (Lipinski definition) is 3. The lowest BCUT2D eigenvalue weighted by Crippen LogP contribution is -2.20. The normalized spacial score (nSPS) is 14.4. The molecule has 3 nitrogen and oxygen atoms in total. The zero-order valence-electron chi connectivity index (χ0n) is 8.49. The second kappa shape index (κ2) is 6.38. The number of unbranched alkanes of at least 4 members (excludes halogenated alkanes) is 4. The highest BCUT2D eigenvalue weighted by molar-refractivity contribution is 7.91. The number of sulfone groups is 1. The first kappa shape index (κ1) is 12.9. The van der Waals surface area contributed by atoms with E-state index >= 15 is 0 Å². The molecular weight excluding hydrogens is 188 g/mol. The fraction of sp³-hybridized carbons (Fsp3) is 1.00. The van der Waals surface area contributed by atoms with Crippen molar-refractivity contribution in [2.45, 2.75) is 51.4 Å². The lowest BCUT2D eigenvalue weighted by Gasteiger charge is -2.05. The van der Waals surface area contributed by atoms with Gasteiger partial charge in [-0.1, -0.05) is 32.6 Å². The molecule has 80 valence electrons. The van der Waals surface area contributed by atoms with E-state index in [0.29, 0.717) is 6.42 Å². The first-order valence-electron chi connectivity index (χ1n) is 4.90. The fourth-order valence-electron chi connectivity index (χ4n) is 1.08. The monoisotopic (exact) mass is 208 g/mol. The second-order valence-corrected chi connectivity index (χ2v) is 5.80. The van der Waals surface area contributed by atoms with Gasteiger partial charge in [-0.2, -0.15) is 0 Å². The van der Waals surface area contributed by atoms with Crippen LogP contribution in [0.4, 0.5) is 0 Å². The zero-order valence-corrected chi connectivity index (χ0v) is 9.31. The van der Waals surface area contributed by atoms with Gasteiger partial charge in [-0.3, -0.25) is 0 Å². The molecule has 0 heterocycles. The third-order valence-electron chi connectivity index (χ3n) is 2.05. The Bertz CT molecular complexity index is 207. The van der Waals surface area contributed by atoms with E-state index in [9.17, 15) is 8.42 Å². The van der Waals surface area contributed by atoms with E-state index in [0.717, 1.165) is 25.7 Å². The Hall–Kier alpha value is -0.0900. The van der Waals surface area contributed by atoms with Gasteiger partial charge in [0.2, 0.25) is 0 Å². The quantitative estimate of drug-likeness (QED) is 0.648. The van der Waals surface area contributed by atoms with Crippen LogP contribution in [0.5, 0.6) is 0 Å². The van der Waals surface area contributed by atoms with Gasteiger partial charge < -0.3 is 5.11 Å². The van der Waals surface area contributed by atoms with E-state index in [-0.39, 0.29) is 5.75 Å². The lowest BCUT2D eigenvalue weighted by atomic mass is 10.2. The van der Waals surface area contributed by atoms with Crippen molar-refractivity contribution in [3.63, 3.8) is 0 Å². The Labute approximate surface area is 81.1 Å². The Kier molecular flexibility index (Phi) is 6.33. The van der Waals surface area contributed by atoms with Crippen LogP contribution >= 0.6 is 0 Å². The van der Waals surface area contributed by atoms with Crippen LogP contribution in [0.2, 0.25) is 0 Å². The van der Waals surface area contributed by atoms with Crippen molar-refractivity contribution >= 4 is 9.84 Å². The van der Waals surface area contributed by atoms with Gasteiger partial charge in [-0.25, -0.2) is 8.42 Å². The second-order valence-electron chi connectivity index (χ2n) is 3.38. The molecule has 0 amide bonds. The Morgan fingerprint density at radius 1 is 1.15 bits per heavy atom. The molecule has 0 fully saturated rings. The summed E-state index contributed by atoms with van der Waals surface area (Å²) in [5, 5.41) is 8.89. The Morgan fingerprint density at radius 2 is 1.69 bits per heavy atom. The minimum atomic E-state index is -3.23. The molecule has 0 bridgehead atoms. The minimum Gasteiger partial charge on any atom is -0.377 e. The number of aliphatic hydroxyl groups is 1. The Balaban J connectivity index is 3.53. The average Bonchev–Trinajstić information content (AvgIpc) is 2.03. The van der Waals surface area contributed by atoms with Crippen molar-refractivity contribution in [2.75, 3.05) is 5.75 Å². The molecule has 0 aromatic heterocycles. The summed E-state index contributed by atoms with van der Waals surface area (Å²) in [5.74, 6) is 0.119. The SMILES string of the molecule is CCCCCCCS(=O)(=O)C(C)O. The highest BCUT2D eigenvalue weighted by Crippen LogP contribution is 2.06. The van der Waals surface area contributed by atoms with Crippen LogP contribution in [0.3, 0.4) is 0 Å². The fourth-order valence-corrected chi connectivity index (χ4v) is 2.02. The molecule has 1 N–H and O–H groups in total. The molecule has 0 rings (SSSR count). The number of rotatable bonds is 7. The molecule has 0 aromatic carbocycles. The molecule has 0 aliphatic carbocycles. The van der Waals surface area contributed by atoms with Gasteiger partial charge in [0.25, 0.3) is 0 Å². The molecule has 0 saturated heterocycles. The van der Waals surface area contributed by atoms with Crippen LogP contribution in [0.1, 0.15) is 46.0 Å². The van der Waals surface area contributed by atoms with Crippen LogP contribution in [0.15, 0.2) is 0 Å². The largest absolute Gasteiger partial charge is 0.377 e. The first-order valence-corrected chi connectivity index (χ1v) is 6.62. The van der Waals surface area contributed by atoms with Gasteiger partial charge >= 0.3 is 0 Å². The molecule has 0 aliphatic rings. The van der Waals surface area contributed by atoms with Crippen molar-refractivity contribution in [1.82, 2.24) is 0 Å². The van der Waals surface area contributed by atoms with Gasteiger partial charge in [-0.15, -0.1) is 0 Å². The summed E-state index contributed by atoms with van der Waals surface area (Å²) in [6.45, 7) is 3.42. The van der Waals surface area contributed by atoms with Crippen LogP contribution in [-0.4, -0.2) is 24.7 Å². The van der Waals surface area contributed by atoms with Gasteiger partial charge in [-0.05, 0) is 13.3 Å². The first-order chi connectivity index (χ1) is 6.00. The predicted octanol–water partition coefficient (Wildman–Crippen LogP) is 1.71. The average molecular weight is 208 g/mol. The van der Waals surface area contributed by atoms with Crippen LogP contribution in [0.25, 0.3) is 0 Å². The smallest absolute Gasteiger partial charge is 0.176 e. The summed E-state index contributed by atoms with van der Waals surface area (Å²) in [5.41, 5.74) is -1.21. The van der Waals surface area contributed by atoms with Crippen molar-refractivity contribution in [3.8, 4) is 0 Å². The van der Waals surface area contributed by atoms with Gasteiger partial charge in [0, 0.05) is 0 Å². The number of aliphatic hydroxyl groups excluding tert-OH is 1. The van der Waals surface area contributed by atoms with Crippen molar-refractivity contribution in [3.05, 3.63) is 0 Å². The summed E-state index contributed by atoms with van der Waals surface area (Å²) in [6, 6.07) is 0. The summed E-state index contributed by atoms with van der Waals surface area (Å²) in [4.78, 5) is 0. The zero-order chi connectivity index (χ0) is 10.3. The van der Waals surface area contributed by atoms with Gasteiger partial charge in [0.1, 0.15) is 0 Å². The van der Waals surface area contributed by atoms with E-state index in [4.69, 9.17) is 5.11 Å². The lowest BCUT2D eigenvalue weighted by molar-refractivity contribution is 0.268. The summed E-state index contributed by atoms with van der Waals surface area (Å²) in [7, 11) is -3.23. The maximum absolute atomic E-state index is 11.1. The van der Waals surface area contributed by atoms with E-state index in [1.807, 2.05) is 0 Å². The summed E-state index contributed by atoms with van der Waals surface area (Å²) in [6.07, 6.45) is 5.02. The molecular formula is C9H20O3S. The topological polar surface area (TPSA) is 54.4 Å². The highest BCUT2D eigenvalue weighted by atomic mass is 32.2. The third-order valence-corrected chi connectivity index (χ3v) is 3.95. The van der Waals surface area contributed by atoms with Gasteiger partial charge in [0.15, 0.2) is 15.3 Å². The van der Waals surface area contributed by atoms with E-state index < -0.39 is 15.3 Å². The van der Waals surface area contributed by atoms with Crippen LogP contribution < -0.4 is 0 Å². The number of hydrogen-bond donors (Lipinski definition) is 1. The van der Waals surface area contributed by atoms with Crippen LogP contribution in [0, 0.1) is 0 Å². The Morgan fingerprint density at radius 3 is 2.15 bits per heavy atom. The van der Waals surface area contributed by atoms with E-state index in [1.165, 1.54) is 6.92 Å². The molecule has 0 saturated carbocycles. The highest BCUT2D eigenvalue weighted by Gasteiger charge is 2.16. The molecule has 0 aromatic rings. The standard InChI is InChI=1S/C9H20O3S/c1-3-4-5-6-7-8-13(11,12)9(2)10/h9-10H,3-8H2,1-2H3. The predicted molar refractivity (Wildman–Crippen MR) is 54.2 cm³/mol. The molecule has 0 spiro atoms. The van der Waals surface area contributed by atoms with Crippen LogP contribution in [-0.2, 0) is 9.84 Å². The minimum absolute atomic E-state index is 0.119. The molecule has 4 heteroatoms.